The number of benzene rings is 3. The molecule has 2 N–H and O–H groups in total. The zero-order valence-corrected chi connectivity index (χ0v) is 18.9. The Labute approximate surface area is 196 Å². The van der Waals surface area contributed by atoms with Gasteiger partial charge in [0.15, 0.2) is 0 Å². The number of halogens is 2. The maximum atomic E-state index is 12.4. The lowest BCUT2D eigenvalue weighted by molar-refractivity contribution is -0.143. The summed E-state index contributed by atoms with van der Waals surface area (Å²) in [6.07, 6.45) is 2.46. The summed E-state index contributed by atoms with van der Waals surface area (Å²) in [5, 5.41) is 5.33. The van der Waals surface area contributed by atoms with Crippen molar-refractivity contribution in [3.05, 3.63) is 94.1 Å². The van der Waals surface area contributed by atoms with Gasteiger partial charge in [0, 0.05) is 36.1 Å². The van der Waals surface area contributed by atoms with Crippen LogP contribution in [-0.4, -0.2) is 24.1 Å². The van der Waals surface area contributed by atoms with Gasteiger partial charge in [-0.2, -0.15) is 0 Å². The number of ether oxygens (including phenoxy) is 2. The van der Waals surface area contributed by atoms with Crippen LogP contribution in [-0.2, 0) is 22.5 Å². The van der Waals surface area contributed by atoms with Crippen LogP contribution in [0.5, 0.6) is 11.5 Å². The zero-order chi connectivity index (χ0) is 22.5. The van der Waals surface area contributed by atoms with Crippen LogP contribution < -0.4 is 10.1 Å². The third-order valence-corrected chi connectivity index (χ3v) is 5.93. The van der Waals surface area contributed by atoms with Gasteiger partial charge in [-0.05, 0) is 41.5 Å². The molecule has 4 rings (SSSR count). The number of fused-ring (bicyclic) bond motifs is 1. The van der Waals surface area contributed by atoms with Crippen molar-refractivity contribution in [1.29, 1.82) is 0 Å². The maximum absolute atomic E-state index is 12.4. The first-order valence-corrected chi connectivity index (χ1v) is 10.9. The molecular weight excluding hydrogens is 447 g/mol. The first kappa shape index (κ1) is 22.2. The number of rotatable bonds is 8. The average molecular weight is 469 g/mol. The fourth-order valence-electron chi connectivity index (χ4n) is 3.49. The van der Waals surface area contributed by atoms with Crippen LogP contribution in [0.4, 0.5) is 0 Å². The van der Waals surface area contributed by atoms with Gasteiger partial charge in [-0.25, -0.2) is 0 Å². The van der Waals surface area contributed by atoms with Crippen molar-refractivity contribution in [3.8, 4) is 11.5 Å². The van der Waals surface area contributed by atoms with Gasteiger partial charge < -0.3 is 19.8 Å². The molecule has 4 aromatic rings. The van der Waals surface area contributed by atoms with Crippen LogP contribution >= 0.6 is 23.2 Å². The van der Waals surface area contributed by atoms with E-state index in [4.69, 9.17) is 32.7 Å². The van der Waals surface area contributed by atoms with Crippen molar-refractivity contribution in [3.63, 3.8) is 0 Å². The van der Waals surface area contributed by atoms with Crippen LogP contribution in [0.2, 0.25) is 10.0 Å². The third-order valence-electron chi connectivity index (χ3n) is 5.19. The highest BCUT2D eigenvalue weighted by Gasteiger charge is 2.20. The fourth-order valence-corrected chi connectivity index (χ4v) is 3.78. The van der Waals surface area contributed by atoms with E-state index in [0.717, 1.165) is 22.0 Å². The molecule has 0 spiro atoms. The summed E-state index contributed by atoms with van der Waals surface area (Å²) in [7, 11) is 1.40. The number of nitrogens with one attached hydrogen (secondary N) is 2. The van der Waals surface area contributed by atoms with Gasteiger partial charge in [0.25, 0.3) is 0 Å². The second kappa shape index (κ2) is 10.1. The molecule has 0 fully saturated rings. The molecule has 7 heteroatoms. The summed E-state index contributed by atoms with van der Waals surface area (Å²) in [6.45, 7) is 0.509. The first-order chi connectivity index (χ1) is 15.5. The van der Waals surface area contributed by atoms with Gasteiger partial charge in [0.05, 0.1) is 17.2 Å². The zero-order valence-electron chi connectivity index (χ0n) is 17.4. The molecule has 1 atom stereocenters. The topological polar surface area (TPSA) is 63.4 Å². The Morgan fingerprint density at radius 2 is 1.75 bits per heavy atom. The molecule has 0 radical (unpaired) electrons. The highest BCUT2D eigenvalue weighted by atomic mass is 35.5. The summed E-state index contributed by atoms with van der Waals surface area (Å²) < 4.78 is 10.8. The van der Waals surface area contributed by atoms with Crippen molar-refractivity contribution < 1.29 is 14.3 Å². The van der Waals surface area contributed by atoms with Crippen molar-refractivity contribution in [2.45, 2.75) is 19.0 Å². The van der Waals surface area contributed by atoms with Gasteiger partial charge in [0.1, 0.15) is 17.5 Å². The highest BCUT2D eigenvalue weighted by Crippen LogP contribution is 2.29. The largest absolute Gasteiger partial charge is 0.468 e. The quantitative estimate of drug-likeness (QED) is 0.304. The monoisotopic (exact) mass is 468 g/mol. The number of carbonyl (C=O) groups excluding carboxylic acids is 1. The average Bonchev–Trinajstić information content (AvgIpc) is 3.22. The Kier molecular flexibility index (Phi) is 7.00. The van der Waals surface area contributed by atoms with Crippen LogP contribution in [0, 0.1) is 0 Å². The molecule has 164 valence electrons. The molecule has 0 aliphatic heterocycles. The second-order valence-electron chi connectivity index (χ2n) is 7.34. The summed E-state index contributed by atoms with van der Waals surface area (Å²) in [6, 6.07) is 20.3. The second-order valence-corrected chi connectivity index (χ2v) is 8.16. The number of aromatic amines is 1. The van der Waals surface area contributed by atoms with Gasteiger partial charge in [-0.1, -0.05) is 53.5 Å². The smallest absolute Gasteiger partial charge is 0.323 e. The number of carbonyl (C=O) groups is 1. The Bertz CT molecular complexity index is 1220. The maximum Gasteiger partial charge on any atom is 0.323 e. The molecule has 0 aliphatic carbocycles. The van der Waals surface area contributed by atoms with Gasteiger partial charge in [0.2, 0.25) is 0 Å². The molecule has 0 bridgehead atoms. The minimum atomic E-state index is -0.466. The minimum absolute atomic E-state index is 0.296. The molecule has 0 unspecified atom stereocenters. The lowest BCUT2D eigenvalue weighted by Gasteiger charge is -2.16. The summed E-state index contributed by atoms with van der Waals surface area (Å²) >= 11 is 12.0. The van der Waals surface area contributed by atoms with Crippen LogP contribution in [0.1, 0.15) is 11.1 Å². The number of hydrogen-bond donors (Lipinski definition) is 2. The predicted molar refractivity (Wildman–Crippen MR) is 128 cm³/mol. The molecule has 0 amide bonds. The summed E-state index contributed by atoms with van der Waals surface area (Å²) in [5.41, 5.74) is 3.12. The normalized spacial score (nSPS) is 12.0. The Balaban J connectivity index is 1.40. The number of hydrogen-bond acceptors (Lipinski definition) is 4. The Hall–Kier alpha value is -2.99. The molecule has 0 aliphatic rings. The molecule has 0 saturated carbocycles. The van der Waals surface area contributed by atoms with Gasteiger partial charge in [-0.3, -0.25) is 4.79 Å². The van der Waals surface area contributed by atoms with E-state index >= 15 is 0 Å². The van der Waals surface area contributed by atoms with Crippen molar-refractivity contribution in [1.82, 2.24) is 10.3 Å². The Morgan fingerprint density at radius 3 is 2.50 bits per heavy atom. The molecule has 5 nitrogen and oxygen atoms in total. The molecular formula is C25H22Cl2N2O3. The number of esters is 1. The SMILES string of the molecule is COC(=O)[C@@H](Cc1c[nH]c2ccccc12)NCc1ccc(Oc2ccc(Cl)c(Cl)c2)cc1. The van der Waals surface area contributed by atoms with E-state index in [-0.39, 0.29) is 5.97 Å². The van der Waals surface area contributed by atoms with Crippen LogP contribution in [0.3, 0.4) is 0 Å². The van der Waals surface area contributed by atoms with Crippen molar-refractivity contribution >= 4 is 40.1 Å². The highest BCUT2D eigenvalue weighted by molar-refractivity contribution is 6.42. The van der Waals surface area contributed by atoms with E-state index in [2.05, 4.69) is 10.3 Å². The van der Waals surface area contributed by atoms with E-state index < -0.39 is 6.04 Å². The third kappa shape index (κ3) is 5.25. The van der Waals surface area contributed by atoms with Crippen molar-refractivity contribution in [2.24, 2.45) is 0 Å². The first-order valence-electron chi connectivity index (χ1n) is 10.1. The summed E-state index contributed by atoms with van der Waals surface area (Å²) in [5.74, 6) is 0.986. The minimum Gasteiger partial charge on any atom is -0.468 e. The van der Waals surface area contributed by atoms with E-state index in [1.807, 2.05) is 54.7 Å². The molecule has 0 saturated heterocycles. The number of methoxy groups -OCH3 is 1. The van der Waals surface area contributed by atoms with Crippen LogP contribution in [0.25, 0.3) is 10.9 Å². The number of aromatic nitrogens is 1. The van der Waals surface area contributed by atoms with E-state index in [1.54, 1.807) is 18.2 Å². The molecule has 1 heterocycles. The lowest BCUT2D eigenvalue weighted by atomic mass is 10.0. The van der Waals surface area contributed by atoms with Crippen LogP contribution in [0.15, 0.2) is 72.9 Å². The fraction of sp³-hybridized carbons (Fsp3) is 0.160. The van der Waals surface area contributed by atoms with Gasteiger partial charge >= 0.3 is 5.97 Å². The predicted octanol–water partition coefficient (Wildman–Crippen LogP) is 6.14. The van der Waals surface area contributed by atoms with E-state index in [9.17, 15) is 4.79 Å². The molecule has 32 heavy (non-hydrogen) atoms. The lowest BCUT2D eigenvalue weighted by Crippen LogP contribution is -2.39. The Morgan fingerprint density at radius 1 is 1.00 bits per heavy atom. The standard InChI is InChI=1S/C25H22Cl2N2O3/c1-31-25(30)24(12-17-15-29-23-5-3-2-4-20(17)23)28-14-16-6-8-18(9-7-16)32-19-10-11-21(26)22(27)13-19/h2-11,13,15,24,28-29H,12,14H2,1H3/t24-/m1/s1. The molecule has 1 aromatic heterocycles. The van der Waals surface area contributed by atoms with E-state index in [0.29, 0.717) is 34.5 Å². The van der Waals surface area contributed by atoms with Gasteiger partial charge in [-0.15, -0.1) is 0 Å². The van der Waals surface area contributed by atoms with E-state index in [1.165, 1.54) is 7.11 Å². The number of para-hydroxylation sites is 1. The number of H-pyrrole nitrogens is 1. The van der Waals surface area contributed by atoms with Crippen molar-refractivity contribution in [2.75, 3.05) is 7.11 Å². The molecule has 3 aromatic carbocycles. The summed E-state index contributed by atoms with van der Waals surface area (Å²) in [4.78, 5) is 15.6.